The Morgan fingerprint density at radius 1 is 1.44 bits per heavy atom. The molecule has 0 aliphatic heterocycles. The van der Waals surface area contributed by atoms with Crippen molar-refractivity contribution in [3.63, 3.8) is 0 Å². The van der Waals surface area contributed by atoms with Crippen LogP contribution in [-0.4, -0.2) is 17.8 Å². The molecule has 1 aromatic heterocycles. The van der Waals surface area contributed by atoms with Gasteiger partial charge in [0.05, 0.1) is 6.10 Å². The van der Waals surface area contributed by atoms with Gasteiger partial charge in [0.1, 0.15) is 0 Å². The monoisotopic (exact) mass is 241 g/mol. The number of aliphatic hydroxyl groups is 1. The molecular weight excluding hydrogens is 218 g/mol. The average molecular weight is 241 g/mol. The third kappa shape index (κ3) is 3.89. The van der Waals surface area contributed by atoms with Crippen LogP contribution in [0.15, 0.2) is 6.07 Å². The molecule has 0 amide bonds. The molecule has 0 fully saturated rings. The van der Waals surface area contributed by atoms with Crippen LogP contribution in [0.1, 0.15) is 48.0 Å². The third-order valence-electron chi connectivity index (χ3n) is 2.83. The van der Waals surface area contributed by atoms with Crippen LogP contribution in [0.5, 0.6) is 0 Å². The molecule has 0 aliphatic carbocycles. The van der Waals surface area contributed by atoms with Crippen LogP contribution in [-0.2, 0) is 0 Å². The first-order valence-electron chi connectivity index (χ1n) is 6.03. The van der Waals surface area contributed by atoms with E-state index in [2.05, 4.69) is 39.1 Å². The van der Waals surface area contributed by atoms with Gasteiger partial charge in [-0.25, -0.2) is 0 Å². The van der Waals surface area contributed by atoms with Crippen molar-refractivity contribution in [1.82, 2.24) is 5.32 Å². The maximum atomic E-state index is 9.66. The van der Waals surface area contributed by atoms with Crippen LogP contribution in [0, 0.1) is 13.8 Å². The van der Waals surface area contributed by atoms with Gasteiger partial charge in [0.2, 0.25) is 0 Å². The molecule has 3 heteroatoms. The molecule has 0 aliphatic rings. The summed E-state index contributed by atoms with van der Waals surface area (Å²) in [6.07, 6.45) is 1.70. The Balaban J connectivity index is 2.46. The molecule has 0 aromatic carbocycles. The van der Waals surface area contributed by atoms with Crippen LogP contribution < -0.4 is 5.32 Å². The molecule has 92 valence electrons. The first-order chi connectivity index (χ1) is 7.54. The van der Waals surface area contributed by atoms with E-state index in [0.717, 1.165) is 12.8 Å². The van der Waals surface area contributed by atoms with E-state index >= 15 is 0 Å². The highest BCUT2D eigenvalue weighted by atomic mass is 32.1. The lowest BCUT2D eigenvalue weighted by atomic mass is 10.1. The summed E-state index contributed by atoms with van der Waals surface area (Å²) in [6.45, 7) is 9.24. The minimum absolute atomic E-state index is 0.215. The molecule has 0 bridgehead atoms. The highest BCUT2D eigenvalue weighted by Gasteiger charge is 2.12. The summed E-state index contributed by atoms with van der Waals surface area (Å²) in [5.74, 6) is 0. The molecule has 1 rings (SSSR count). The number of nitrogens with one attached hydrogen (secondary N) is 1. The topological polar surface area (TPSA) is 32.3 Å². The maximum Gasteiger partial charge on any atom is 0.0664 e. The summed E-state index contributed by atoms with van der Waals surface area (Å²) in [4.78, 5) is 2.73. The Hall–Kier alpha value is -0.380. The van der Waals surface area contributed by atoms with Crippen molar-refractivity contribution in [3.8, 4) is 0 Å². The standard InChI is InChI=1S/C13H23NOS/c1-5-6-12(15)8-14-10(3)13-7-9(2)16-11(13)4/h7,10,12,14-15H,5-6,8H2,1-4H3. The van der Waals surface area contributed by atoms with Crippen LogP contribution in [0.4, 0.5) is 0 Å². The van der Waals surface area contributed by atoms with Crippen LogP contribution in [0.25, 0.3) is 0 Å². The molecule has 0 spiro atoms. The average Bonchev–Trinajstić information content (AvgIpc) is 2.55. The van der Waals surface area contributed by atoms with Crippen LogP contribution in [0.2, 0.25) is 0 Å². The largest absolute Gasteiger partial charge is 0.392 e. The lowest BCUT2D eigenvalue weighted by molar-refractivity contribution is 0.157. The first-order valence-corrected chi connectivity index (χ1v) is 6.84. The molecular formula is C13H23NOS. The second kappa shape index (κ2) is 6.38. The van der Waals surface area contributed by atoms with Gasteiger partial charge in [0.25, 0.3) is 0 Å². The smallest absolute Gasteiger partial charge is 0.0664 e. The fourth-order valence-electron chi connectivity index (χ4n) is 1.94. The van der Waals surface area contributed by atoms with Gasteiger partial charge in [-0.2, -0.15) is 0 Å². The predicted molar refractivity (Wildman–Crippen MR) is 71.1 cm³/mol. The number of hydrogen-bond donors (Lipinski definition) is 2. The SMILES string of the molecule is CCCC(O)CNC(C)c1cc(C)sc1C. The van der Waals surface area contributed by atoms with Crippen molar-refractivity contribution >= 4 is 11.3 Å². The Morgan fingerprint density at radius 3 is 2.62 bits per heavy atom. The molecule has 0 saturated carbocycles. The molecule has 16 heavy (non-hydrogen) atoms. The lowest BCUT2D eigenvalue weighted by Crippen LogP contribution is -2.29. The zero-order valence-electron chi connectivity index (χ0n) is 10.7. The van der Waals surface area contributed by atoms with Crippen molar-refractivity contribution in [3.05, 3.63) is 21.4 Å². The van der Waals surface area contributed by atoms with Gasteiger partial charge >= 0.3 is 0 Å². The quantitative estimate of drug-likeness (QED) is 0.802. The molecule has 2 atom stereocenters. The molecule has 0 saturated heterocycles. The highest BCUT2D eigenvalue weighted by Crippen LogP contribution is 2.25. The maximum absolute atomic E-state index is 9.66. The van der Waals surface area contributed by atoms with Gasteiger partial charge in [-0.3, -0.25) is 0 Å². The van der Waals surface area contributed by atoms with Gasteiger partial charge in [0, 0.05) is 22.3 Å². The van der Waals surface area contributed by atoms with E-state index in [0.29, 0.717) is 12.6 Å². The van der Waals surface area contributed by atoms with Gasteiger partial charge in [0.15, 0.2) is 0 Å². The van der Waals surface area contributed by atoms with E-state index in [9.17, 15) is 5.11 Å². The fraction of sp³-hybridized carbons (Fsp3) is 0.692. The summed E-state index contributed by atoms with van der Waals surface area (Å²) >= 11 is 1.84. The van der Waals surface area contributed by atoms with Gasteiger partial charge in [-0.15, -0.1) is 11.3 Å². The minimum atomic E-state index is -0.215. The molecule has 1 heterocycles. The number of hydrogen-bond acceptors (Lipinski definition) is 3. The zero-order valence-corrected chi connectivity index (χ0v) is 11.5. The molecule has 2 N–H and O–H groups in total. The normalized spacial score (nSPS) is 15.1. The van der Waals surface area contributed by atoms with Gasteiger partial charge < -0.3 is 10.4 Å². The van der Waals surface area contributed by atoms with E-state index in [1.54, 1.807) is 0 Å². The molecule has 0 radical (unpaired) electrons. The van der Waals surface area contributed by atoms with E-state index < -0.39 is 0 Å². The predicted octanol–water partition coefficient (Wildman–Crippen LogP) is 3.18. The van der Waals surface area contributed by atoms with Crippen molar-refractivity contribution < 1.29 is 5.11 Å². The van der Waals surface area contributed by atoms with E-state index in [1.165, 1.54) is 15.3 Å². The van der Waals surface area contributed by atoms with Gasteiger partial charge in [-0.05, 0) is 38.8 Å². The summed E-state index contributed by atoms with van der Waals surface area (Å²) in [6, 6.07) is 2.57. The van der Waals surface area contributed by atoms with E-state index in [4.69, 9.17) is 0 Å². The van der Waals surface area contributed by atoms with Crippen molar-refractivity contribution in [1.29, 1.82) is 0 Å². The summed E-state index contributed by atoms with van der Waals surface area (Å²) in [5, 5.41) is 13.1. The molecule has 2 nitrogen and oxygen atoms in total. The Bertz CT molecular complexity index is 322. The first kappa shape index (κ1) is 13.7. The van der Waals surface area contributed by atoms with Crippen molar-refractivity contribution in [2.24, 2.45) is 0 Å². The number of rotatable bonds is 6. The minimum Gasteiger partial charge on any atom is -0.392 e. The van der Waals surface area contributed by atoms with E-state index in [1.807, 2.05) is 11.3 Å². The summed E-state index contributed by atoms with van der Waals surface area (Å²) < 4.78 is 0. The Kier molecular flexibility index (Phi) is 5.46. The highest BCUT2D eigenvalue weighted by molar-refractivity contribution is 7.12. The molecule has 2 unspecified atom stereocenters. The van der Waals surface area contributed by atoms with Crippen molar-refractivity contribution in [2.75, 3.05) is 6.54 Å². The Labute approximate surface area is 103 Å². The number of thiophene rings is 1. The fourth-order valence-corrected chi connectivity index (χ4v) is 2.96. The third-order valence-corrected chi connectivity index (χ3v) is 3.81. The number of aliphatic hydroxyl groups excluding tert-OH is 1. The number of aryl methyl sites for hydroxylation is 2. The Morgan fingerprint density at radius 2 is 2.12 bits per heavy atom. The lowest BCUT2D eigenvalue weighted by Gasteiger charge is -2.16. The molecule has 1 aromatic rings. The van der Waals surface area contributed by atoms with Crippen LogP contribution in [0.3, 0.4) is 0 Å². The van der Waals surface area contributed by atoms with Crippen molar-refractivity contribution in [2.45, 2.75) is 52.7 Å². The second-order valence-corrected chi connectivity index (χ2v) is 5.90. The summed E-state index contributed by atoms with van der Waals surface area (Å²) in [7, 11) is 0. The second-order valence-electron chi connectivity index (χ2n) is 4.44. The van der Waals surface area contributed by atoms with E-state index in [-0.39, 0.29) is 6.10 Å². The summed E-state index contributed by atoms with van der Waals surface area (Å²) in [5.41, 5.74) is 1.37. The van der Waals surface area contributed by atoms with Crippen LogP contribution >= 0.6 is 11.3 Å². The zero-order chi connectivity index (χ0) is 12.1. The van der Waals surface area contributed by atoms with Gasteiger partial charge in [-0.1, -0.05) is 13.3 Å².